The van der Waals surface area contributed by atoms with Crippen LogP contribution < -0.4 is 0 Å². The second-order valence-electron chi connectivity index (χ2n) is 4.92. The predicted molar refractivity (Wildman–Crippen MR) is 71.4 cm³/mol. The minimum absolute atomic E-state index is 0.0536. The predicted octanol–water partition coefficient (Wildman–Crippen LogP) is 3.23. The minimum atomic E-state index is 0.0536. The van der Waals surface area contributed by atoms with Gasteiger partial charge in [-0.2, -0.15) is 5.10 Å². The van der Waals surface area contributed by atoms with Crippen LogP contribution in [0.3, 0.4) is 0 Å². The normalized spacial score (nSPS) is 22.9. The van der Waals surface area contributed by atoms with Crippen LogP contribution in [0.15, 0.2) is 29.4 Å². The van der Waals surface area contributed by atoms with Crippen LogP contribution in [-0.4, -0.2) is 16.6 Å². The summed E-state index contributed by atoms with van der Waals surface area (Å²) in [5.41, 5.74) is 2.10. The van der Waals surface area contributed by atoms with Crippen LogP contribution in [-0.2, 0) is 11.3 Å². The van der Waals surface area contributed by atoms with Gasteiger partial charge in [-0.05, 0) is 37.0 Å². The van der Waals surface area contributed by atoms with Crippen molar-refractivity contribution in [3.63, 3.8) is 0 Å². The summed E-state index contributed by atoms with van der Waals surface area (Å²) in [5, 5.41) is 6.78. The maximum atomic E-state index is 12.2. The van der Waals surface area contributed by atoms with E-state index >= 15 is 0 Å². The van der Waals surface area contributed by atoms with Crippen molar-refractivity contribution >= 4 is 23.2 Å². The van der Waals surface area contributed by atoms with Gasteiger partial charge in [-0.15, -0.1) is 0 Å². The largest absolute Gasteiger partial charge is 0.272 e. The van der Waals surface area contributed by atoms with Crippen molar-refractivity contribution in [2.45, 2.75) is 32.2 Å². The van der Waals surface area contributed by atoms with Gasteiger partial charge in [0.25, 0.3) is 5.91 Å². The molecule has 94 valence electrons. The molecular weight excluding hydrogens is 248 g/mol. The van der Waals surface area contributed by atoms with Gasteiger partial charge in [0.2, 0.25) is 0 Å². The molecule has 1 aromatic carbocycles. The molecule has 1 fully saturated rings. The summed E-state index contributed by atoms with van der Waals surface area (Å²) < 4.78 is 0. The average Bonchev–Trinajstić information content (AvgIpc) is 2.67. The molecule has 3 nitrogen and oxygen atoms in total. The zero-order chi connectivity index (χ0) is 12.5. The molecular formula is C14H15ClN2O. The van der Waals surface area contributed by atoms with Crippen LogP contribution >= 0.6 is 11.6 Å². The van der Waals surface area contributed by atoms with Crippen LogP contribution in [0.5, 0.6) is 0 Å². The van der Waals surface area contributed by atoms with Crippen LogP contribution in [0, 0.1) is 5.92 Å². The first-order valence-corrected chi connectivity index (χ1v) is 6.75. The first-order valence-electron chi connectivity index (χ1n) is 6.37. The van der Waals surface area contributed by atoms with Crippen molar-refractivity contribution in [3.8, 4) is 0 Å². The third kappa shape index (κ3) is 2.15. The fourth-order valence-electron chi connectivity index (χ4n) is 2.69. The number of hydrazone groups is 1. The highest BCUT2D eigenvalue weighted by Crippen LogP contribution is 2.29. The van der Waals surface area contributed by atoms with E-state index in [9.17, 15) is 4.79 Å². The Morgan fingerprint density at radius 3 is 3.06 bits per heavy atom. The first-order chi connectivity index (χ1) is 8.74. The van der Waals surface area contributed by atoms with Crippen molar-refractivity contribution in [1.82, 2.24) is 5.01 Å². The second kappa shape index (κ2) is 4.73. The number of hydrogen-bond donors (Lipinski definition) is 0. The van der Waals surface area contributed by atoms with E-state index in [1.807, 2.05) is 24.3 Å². The lowest BCUT2D eigenvalue weighted by Crippen LogP contribution is -2.28. The van der Waals surface area contributed by atoms with Crippen molar-refractivity contribution in [3.05, 3.63) is 34.9 Å². The summed E-state index contributed by atoms with van der Waals surface area (Å²) in [6.07, 6.45) is 4.24. The Morgan fingerprint density at radius 1 is 1.39 bits per heavy atom. The number of carbonyl (C=O) groups is 1. The number of halogens is 1. The summed E-state index contributed by atoms with van der Waals surface area (Å²) in [4.78, 5) is 12.2. The highest BCUT2D eigenvalue weighted by Gasteiger charge is 2.36. The Kier molecular flexibility index (Phi) is 3.08. The highest BCUT2D eigenvalue weighted by atomic mass is 35.5. The first kappa shape index (κ1) is 11.7. The molecule has 4 heteroatoms. The van der Waals surface area contributed by atoms with Crippen LogP contribution in [0.4, 0.5) is 0 Å². The molecule has 1 aliphatic heterocycles. The van der Waals surface area contributed by atoms with Gasteiger partial charge in [0.15, 0.2) is 0 Å². The Hall–Kier alpha value is -1.35. The fourth-order valence-corrected chi connectivity index (χ4v) is 2.90. The molecule has 1 heterocycles. The molecule has 1 aliphatic carbocycles. The molecule has 0 spiro atoms. The number of hydrogen-bond acceptors (Lipinski definition) is 2. The lowest BCUT2D eigenvalue weighted by Gasteiger charge is -2.17. The zero-order valence-electron chi connectivity index (χ0n) is 10.1. The Labute approximate surface area is 111 Å². The van der Waals surface area contributed by atoms with Crippen molar-refractivity contribution in [1.29, 1.82) is 0 Å². The molecule has 1 saturated carbocycles. The summed E-state index contributed by atoms with van der Waals surface area (Å²) in [7, 11) is 0. The molecule has 18 heavy (non-hydrogen) atoms. The fraction of sp³-hybridized carbons (Fsp3) is 0.429. The molecule has 0 saturated heterocycles. The Bertz CT molecular complexity index is 512. The smallest absolute Gasteiger partial charge is 0.251 e. The molecule has 1 amide bonds. The molecule has 2 aliphatic rings. The van der Waals surface area contributed by atoms with Gasteiger partial charge >= 0.3 is 0 Å². The third-order valence-electron chi connectivity index (χ3n) is 3.60. The molecule has 0 radical (unpaired) electrons. The Morgan fingerprint density at radius 2 is 2.28 bits per heavy atom. The van der Waals surface area contributed by atoms with Gasteiger partial charge in [-0.3, -0.25) is 4.79 Å². The van der Waals surface area contributed by atoms with E-state index in [1.54, 1.807) is 5.01 Å². The summed E-state index contributed by atoms with van der Waals surface area (Å²) in [6.45, 7) is 0.527. The van der Waals surface area contributed by atoms with Gasteiger partial charge in [0.1, 0.15) is 0 Å². The van der Waals surface area contributed by atoms with E-state index in [2.05, 4.69) is 5.10 Å². The average molecular weight is 263 g/mol. The maximum absolute atomic E-state index is 12.2. The SMILES string of the molecule is O=C1C2CCCCC2=NN1Cc1cccc(Cl)c1. The zero-order valence-corrected chi connectivity index (χ0v) is 10.9. The summed E-state index contributed by atoms with van der Waals surface area (Å²) >= 11 is 5.95. The minimum Gasteiger partial charge on any atom is -0.272 e. The van der Waals surface area contributed by atoms with Crippen LogP contribution in [0.1, 0.15) is 31.2 Å². The summed E-state index contributed by atoms with van der Waals surface area (Å²) in [5.74, 6) is 0.211. The second-order valence-corrected chi connectivity index (χ2v) is 5.35. The molecule has 1 unspecified atom stereocenters. The number of amides is 1. The standard InChI is InChI=1S/C14H15ClN2O/c15-11-5-3-4-10(8-11)9-17-14(18)12-6-1-2-7-13(12)16-17/h3-5,8,12H,1-2,6-7,9H2. The maximum Gasteiger partial charge on any atom is 0.251 e. The number of benzene rings is 1. The van der Waals surface area contributed by atoms with E-state index in [4.69, 9.17) is 11.6 Å². The van der Waals surface area contributed by atoms with E-state index in [-0.39, 0.29) is 11.8 Å². The van der Waals surface area contributed by atoms with Gasteiger partial charge in [-0.1, -0.05) is 30.2 Å². The van der Waals surface area contributed by atoms with E-state index in [0.29, 0.717) is 11.6 Å². The number of rotatable bonds is 2. The van der Waals surface area contributed by atoms with E-state index < -0.39 is 0 Å². The summed E-state index contributed by atoms with van der Waals surface area (Å²) in [6, 6.07) is 7.60. The van der Waals surface area contributed by atoms with Crippen LogP contribution in [0.2, 0.25) is 5.02 Å². The number of fused-ring (bicyclic) bond motifs is 1. The molecule has 3 rings (SSSR count). The third-order valence-corrected chi connectivity index (χ3v) is 3.84. The Balaban J connectivity index is 1.78. The van der Waals surface area contributed by atoms with Crippen molar-refractivity contribution in [2.75, 3.05) is 0 Å². The molecule has 0 aromatic heterocycles. The van der Waals surface area contributed by atoms with E-state index in [0.717, 1.165) is 37.0 Å². The molecule has 0 N–H and O–H groups in total. The van der Waals surface area contributed by atoms with E-state index in [1.165, 1.54) is 0 Å². The molecule has 0 bridgehead atoms. The lowest BCUT2D eigenvalue weighted by molar-refractivity contribution is -0.132. The monoisotopic (exact) mass is 262 g/mol. The van der Waals surface area contributed by atoms with Gasteiger partial charge in [0, 0.05) is 5.02 Å². The van der Waals surface area contributed by atoms with Gasteiger partial charge in [-0.25, -0.2) is 5.01 Å². The molecule has 1 atom stereocenters. The van der Waals surface area contributed by atoms with Crippen LogP contribution in [0.25, 0.3) is 0 Å². The van der Waals surface area contributed by atoms with Gasteiger partial charge < -0.3 is 0 Å². The van der Waals surface area contributed by atoms with Gasteiger partial charge in [0.05, 0.1) is 18.2 Å². The lowest BCUT2D eigenvalue weighted by atomic mass is 9.87. The van der Waals surface area contributed by atoms with Crippen molar-refractivity contribution < 1.29 is 4.79 Å². The van der Waals surface area contributed by atoms with Crippen molar-refractivity contribution in [2.24, 2.45) is 11.0 Å². The number of nitrogens with zero attached hydrogens (tertiary/aromatic N) is 2. The quantitative estimate of drug-likeness (QED) is 0.805. The topological polar surface area (TPSA) is 32.7 Å². The number of carbonyl (C=O) groups excluding carboxylic acids is 1. The molecule has 1 aromatic rings. The highest BCUT2D eigenvalue weighted by molar-refractivity contribution is 6.30.